The van der Waals surface area contributed by atoms with Crippen LogP contribution < -0.4 is 11.1 Å². The second-order valence-electron chi connectivity index (χ2n) is 3.75. The van der Waals surface area contributed by atoms with Gasteiger partial charge in [-0.05, 0) is 46.6 Å². The van der Waals surface area contributed by atoms with E-state index in [4.69, 9.17) is 17.3 Å². The van der Waals surface area contributed by atoms with E-state index in [1.807, 2.05) is 6.92 Å². The van der Waals surface area contributed by atoms with Crippen molar-refractivity contribution in [3.8, 4) is 0 Å². The maximum Gasteiger partial charge on any atom is 0.148 e. The molecule has 0 unspecified atom stereocenters. The number of benzene rings is 1. The van der Waals surface area contributed by atoms with E-state index in [0.29, 0.717) is 26.7 Å². The molecule has 2 aromatic rings. The Morgan fingerprint density at radius 2 is 2.17 bits per heavy atom. The molecule has 3 N–H and O–H groups in total. The van der Waals surface area contributed by atoms with Crippen LogP contribution in [0.3, 0.4) is 0 Å². The van der Waals surface area contributed by atoms with Crippen LogP contribution in [0.25, 0.3) is 0 Å². The van der Waals surface area contributed by atoms with Gasteiger partial charge in [0.15, 0.2) is 0 Å². The van der Waals surface area contributed by atoms with Crippen LogP contribution in [0.5, 0.6) is 0 Å². The molecule has 1 heterocycles. The quantitative estimate of drug-likeness (QED) is 0.864. The highest BCUT2D eigenvalue weighted by Gasteiger charge is 2.10. The van der Waals surface area contributed by atoms with Crippen molar-refractivity contribution in [3.63, 3.8) is 0 Å². The molecular weight excluding hydrogens is 321 g/mol. The Kier molecular flexibility index (Phi) is 3.73. The number of hydrogen-bond acceptors (Lipinski definition) is 3. The second-order valence-corrected chi connectivity index (χ2v) is 4.98. The molecule has 0 fully saturated rings. The lowest BCUT2D eigenvalue weighted by atomic mass is 10.2. The Balaban J connectivity index is 2.37. The maximum absolute atomic E-state index is 13.6. The van der Waals surface area contributed by atoms with Crippen LogP contribution in [0.1, 0.15) is 5.56 Å². The van der Waals surface area contributed by atoms with E-state index in [2.05, 4.69) is 26.2 Å². The Labute approximate surface area is 117 Å². The zero-order valence-corrected chi connectivity index (χ0v) is 11.8. The first-order valence-electron chi connectivity index (χ1n) is 5.11. The maximum atomic E-state index is 13.6. The van der Waals surface area contributed by atoms with Gasteiger partial charge in [-0.15, -0.1) is 0 Å². The average molecular weight is 331 g/mol. The second kappa shape index (κ2) is 5.12. The minimum Gasteiger partial charge on any atom is -0.397 e. The average Bonchev–Trinajstić information content (AvgIpc) is 2.33. The van der Waals surface area contributed by atoms with Crippen molar-refractivity contribution in [2.45, 2.75) is 6.92 Å². The Morgan fingerprint density at radius 1 is 1.44 bits per heavy atom. The normalized spacial score (nSPS) is 10.4. The molecule has 0 aliphatic heterocycles. The van der Waals surface area contributed by atoms with Crippen molar-refractivity contribution in [2.75, 3.05) is 11.1 Å². The van der Waals surface area contributed by atoms with E-state index in [1.54, 1.807) is 12.1 Å². The fraction of sp³-hybridized carbons (Fsp3) is 0.0833. The summed E-state index contributed by atoms with van der Waals surface area (Å²) in [5.41, 5.74) is 7.45. The molecule has 0 amide bonds. The fourth-order valence-corrected chi connectivity index (χ4v) is 1.99. The van der Waals surface area contributed by atoms with Crippen LogP contribution in [0.15, 0.2) is 28.9 Å². The molecule has 1 aromatic carbocycles. The van der Waals surface area contributed by atoms with E-state index >= 15 is 0 Å². The SMILES string of the molecule is Cc1c(N)cnc(Nc2ccc(Cl)cc2F)c1Br. The van der Waals surface area contributed by atoms with Crippen molar-refractivity contribution < 1.29 is 4.39 Å². The molecule has 0 saturated heterocycles. The summed E-state index contributed by atoms with van der Waals surface area (Å²) in [5.74, 6) is 0.0635. The van der Waals surface area contributed by atoms with Gasteiger partial charge < -0.3 is 11.1 Å². The lowest BCUT2D eigenvalue weighted by Gasteiger charge is -2.11. The number of nitrogens with two attached hydrogens (primary N) is 1. The van der Waals surface area contributed by atoms with Crippen molar-refractivity contribution in [2.24, 2.45) is 0 Å². The standard InChI is InChI=1S/C12H10BrClFN3/c1-6-9(16)5-17-12(11(6)13)18-10-3-2-7(14)4-8(10)15/h2-5H,16H2,1H3,(H,17,18). The van der Waals surface area contributed by atoms with Crippen molar-refractivity contribution in [3.05, 3.63) is 45.3 Å². The Bertz CT molecular complexity index is 604. The van der Waals surface area contributed by atoms with Gasteiger partial charge in [0, 0.05) is 5.02 Å². The molecule has 3 nitrogen and oxygen atoms in total. The van der Waals surface area contributed by atoms with Gasteiger partial charge in [0.1, 0.15) is 11.6 Å². The van der Waals surface area contributed by atoms with Crippen LogP contribution in [-0.2, 0) is 0 Å². The summed E-state index contributed by atoms with van der Waals surface area (Å²) in [5, 5.41) is 3.23. The summed E-state index contributed by atoms with van der Waals surface area (Å²) >= 11 is 9.06. The van der Waals surface area contributed by atoms with E-state index in [0.717, 1.165) is 5.56 Å². The summed E-state index contributed by atoms with van der Waals surface area (Å²) in [6.07, 6.45) is 1.52. The highest BCUT2D eigenvalue weighted by atomic mass is 79.9. The molecule has 0 atom stereocenters. The van der Waals surface area contributed by atoms with Crippen LogP contribution in [0, 0.1) is 12.7 Å². The predicted octanol–water partition coefficient (Wildman–Crippen LogP) is 4.27. The van der Waals surface area contributed by atoms with Gasteiger partial charge in [-0.25, -0.2) is 9.37 Å². The molecule has 0 saturated carbocycles. The highest BCUT2D eigenvalue weighted by molar-refractivity contribution is 9.10. The minimum atomic E-state index is -0.439. The highest BCUT2D eigenvalue weighted by Crippen LogP contribution is 2.31. The van der Waals surface area contributed by atoms with Crippen LogP contribution in [-0.4, -0.2) is 4.98 Å². The summed E-state index contributed by atoms with van der Waals surface area (Å²) in [6, 6.07) is 4.39. The molecule has 6 heteroatoms. The predicted molar refractivity (Wildman–Crippen MR) is 75.8 cm³/mol. The molecule has 0 aliphatic carbocycles. The number of halogens is 3. The molecular formula is C12H10BrClFN3. The summed E-state index contributed by atoms with van der Waals surface area (Å²) in [7, 11) is 0. The monoisotopic (exact) mass is 329 g/mol. The number of rotatable bonds is 2. The number of anilines is 3. The van der Waals surface area contributed by atoms with Crippen LogP contribution >= 0.6 is 27.5 Å². The van der Waals surface area contributed by atoms with Gasteiger partial charge >= 0.3 is 0 Å². The molecule has 0 spiro atoms. The zero-order valence-electron chi connectivity index (χ0n) is 9.47. The van der Waals surface area contributed by atoms with E-state index < -0.39 is 5.82 Å². The van der Waals surface area contributed by atoms with E-state index in [1.165, 1.54) is 12.3 Å². The number of hydrogen-bond donors (Lipinski definition) is 2. The number of aromatic nitrogens is 1. The lowest BCUT2D eigenvalue weighted by Crippen LogP contribution is -2.00. The first-order chi connectivity index (χ1) is 8.49. The smallest absolute Gasteiger partial charge is 0.148 e. The summed E-state index contributed by atoms with van der Waals surface area (Å²) in [4.78, 5) is 4.11. The Hall–Kier alpha value is -1.33. The molecule has 2 rings (SSSR count). The van der Waals surface area contributed by atoms with Gasteiger partial charge in [-0.1, -0.05) is 11.6 Å². The van der Waals surface area contributed by atoms with Crippen molar-refractivity contribution in [1.82, 2.24) is 4.98 Å². The largest absolute Gasteiger partial charge is 0.397 e. The van der Waals surface area contributed by atoms with Gasteiger partial charge in [0.05, 0.1) is 22.0 Å². The fourth-order valence-electron chi connectivity index (χ4n) is 1.40. The summed E-state index contributed by atoms with van der Waals surface area (Å²) in [6.45, 7) is 1.85. The molecule has 94 valence electrons. The number of nitrogens with zero attached hydrogens (tertiary/aromatic N) is 1. The van der Waals surface area contributed by atoms with Crippen molar-refractivity contribution >= 4 is 44.7 Å². The van der Waals surface area contributed by atoms with Crippen molar-refractivity contribution in [1.29, 1.82) is 0 Å². The van der Waals surface area contributed by atoms with Gasteiger partial charge in [-0.2, -0.15) is 0 Å². The lowest BCUT2D eigenvalue weighted by molar-refractivity contribution is 0.632. The molecule has 1 aromatic heterocycles. The Morgan fingerprint density at radius 3 is 2.83 bits per heavy atom. The molecule has 18 heavy (non-hydrogen) atoms. The zero-order chi connectivity index (χ0) is 13.3. The summed E-state index contributed by atoms with van der Waals surface area (Å²) < 4.78 is 14.3. The first kappa shape index (κ1) is 13.1. The van der Waals surface area contributed by atoms with Crippen LogP contribution in [0.2, 0.25) is 5.02 Å². The third-order valence-corrected chi connectivity index (χ3v) is 3.69. The van der Waals surface area contributed by atoms with Gasteiger partial charge in [0.2, 0.25) is 0 Å². The first-order valence-corrected chi connectivity index (χ1v) is 6.29. The number of nitrogen functional groups attached to an aromatic ring is 1. The molecule has 0 radical (unpaired) electrons. The third kappa shape index (κ3) is 2.57. The minimum absolute atomic E-state index is 0.303. The van der Waals surface area contributed by atoms with E-state index in [-0.39, 0.29) is 0 Å². The van der Waals surface area contributed by atoms with Gasteiger partial charge in [0.25, 0.3) is 0 Å². The topological polar surface area (TPSA) is 50.9 Å². The third-order valence-electron chi connectivity index (χ3n) is 2.49. The molecule has 0 aliphatic rings. The van der Waals surface area contributed by atoms with Crippen LogP contribution in [0.4, 0.5) is 21.6 Å². The van der Waals surface area contributed by atoms with E-state index in [9.17, 15) is 4.39 Å². The molecule has 0 bridgehead atoms. The number of pyridine rings is 1. The van der Waals surface area contributed by atoms with Gasteiger partial charge in [-0.3, -0.25) is 0 Å². The number of nitrogens with one attached hydrogen (secondary N) is 1.